The zero-order valence-electron chi connectivity index (χ0n) is 9.77. The molecule has 0 saturated heterocycles. The van der Waals surface area contributed by atoms with E-state index >= 15 is 0 Å². The Bertz CT molecular complexity index is 141. The second kappa shape index (κ2) is 6.73. The second-order valence-electron chi connectivity index (χ2n) is 4.89. The Morgan fingerprint density at radius 1 is 1.21 bits per heavy atom. The molecule has 2 heteroatoms. The van der Waals surface area contributed by atoms with Gasteiger partial charge >= 0.3 is 0 Å². The molecule has 0 heterocycles. The molecule has 1 nitrogen and oxygen atoms in total. The van der Waals surface area contributed by atoms with Crippen molar-refractivity contribution in [3.63, 3.8) is 0 Å². The smallest absolute Gasteiger partial charge is 0.000516 e. The predicted octanol–water partition coefficient (Wildman–Crippen LogP) is 3.30. The lowest BCUT2D eigenvalue weighted by Crippen LogP contribution is -2.30. The van der Waals surface area contributed by atoms with Gasteiger partial charge in [0.25, 0.3) is 0 Å². The van der Waals surface area contributed by atoms with Crippen molar-refractivity contribution in [3.8, 4) is 0 Å². The summed E-state index contributed by atoms with van der Waals surface area (Å²) >= 11 is 1.96. The maximum absolute atomic E-state index is 3.62. The Morgan fingerprint density at radius 2 is 1.93 bits per heavy atom. The van der Waals surface area contributed by atoms with Crippen LogP contribution < -0.4 is 5.32 Å². The van der Waals surface area contributed by atoms with Gasteiger partial charge in [0.1, 0.15) is 0 Å². The quantitative estimate of drug-likeness (QED) is 0.654. The zero-order chi connectivity index (χ0) is 10.3. The first-order valence-corrected chi connectivity index (χ1v) is 7.36. The van der Waals surface area contributed by atoms with E-state index in [1.165, 1.54) is 57.4 Å². The maximum atomic E-state index is 3.62. The summed E-state index contributed by atoms with van der Waals surface area (Å²) in [5.41, 5.74) is 0.625. The van der Waals surface area contributed by atoms with E-state index in [2.05, 4.69) is 18.5 Å². The fourth-order valence-electron chi connectivity index (χ4n) is 2.29. The Kier molecular flexibility index (Phi) is 5.95. The molecule has 1 saturated carbocycles. The molecule has 0 spiro atoms. The topological polar surface area (TPSA) is 12.0 Å². The Morgan fingerprint density at radius 3 is 2.57 bits per heavy atom. The van der Waals surface area contributed by atoms with Gasteiger partial charge in [0, 0.05) is 6.54 Å². The van der Waals surface area contributed by atoms with Crippen LogP contribution in [0.15, 0.2) is 0 Å². The second-order valence-corrected chi connectivity index (χ2v) is 5.88. The van der Waals surface area contributed by atoms with Crippen LogP contribution in [0.2, 0.25) is 0 Å². The molecule has 1 N–H and O–H groups in total. The highest BCUT2D eigenvalue weighted by molar-refractivity contribution is 7.98. The molecule has 0 aromatic rings. The molecule has 1 fully saturated rings. The average Bonchev–Trinajstić information content (AvgIpc) is 2.59. The number of nitrogens with one attached hydrogen (secondary N) is 1. The van der Waals surface area contributed by atoms with Gasteiger partial charge in [-0.05, 0) is 49.7 Å². The summed E-state index contributed by atoms with van der Waals surface area (Å²) in [5, 5.41) is 3.62. The van der Waals surface area contributed by atoms with Gasteiger partial charge in [-0.1, -0.05) is 19.8 Å². The molecular weight excluding hydrogens is 190 g/mol. The molecule has 0 aromatic carbocycles. The van der Waals surface area contributed by atoms with Gasteiger partial charge in [-0.25, -0.2) is 0 Å². The molecule has 1 rings (SSSR count). The molecule has 0 atom stereocenters. The largest absolute Gasteiger partial charge is 0.316 e. The molecule has 1 aliphatic carbocycles. The van der Waals surface area contributed by atoms with Crippen LogP contribution in [0.25, 0.3) is 0 Å². The molecule has 14 heavy (non-hydrogen) atoms. The minimum atomic E-state index is 0.625. The third kappa shape index (κ3) is 4.70. The van der Waals surface area contributed by atoms with Crippen LogP contribution in [0.4, 0.5) is 0 Å². The van der Waals surface area contributed by atoms with Crippen molar-refractivity contribution in [1.82, 2.24) is 5.32 Å². The number of hydrogen-bond acceptors (Lipinski definition) is 2. The molecule has 1 aliphatic rings. The molecule has 0 aliphatic heterocycles. The Labute approximate surface area is 93.4 Å². The third-order valence-corrected chi connectivity index (χ3v) is 4.01. The van der Waals surface area contributed by atoms with Gasteiger partial charge in [-0.3, -0.25) is 0 Å². The van der Waals surface area contributed by atoms with Crippen molar-refractivity contribution in [3.05, 3.63) is 0 Å². The Balaban J connectivity index is 1.92. The monoisotopic (exact) mass is 215 g/mol. The number of rotatable bonds is 7. The van der Waals surface area contributed by atoms with Crippen molar-refractivity contribution in [2.24, 2.45) is 5.41 Å². The first-order valence-electron chi connectivity index (χ1n) is 5.96. The maximum Gasteiger partial charge on any atom is 0.000516 e. The van der Waals surface area contributed by atoms with Gasteiger partial charge < -0.3 is 5.32 Å². The SMILES string of the molecule is CSCCCCNCC1(C)CCCC1. The average molecular weight is 215 g/mol. The van der Waals surface area contributed by atoms with Crippen LogP contribution in [0, 0.1) is 5.41 Å². The molecule has 0 amide bonds. The normalized spacial score (nSPS) is 20.1. The van der Waals surface area contributed by atoms with Gasteiger partial charge in [0.15, 0.2) is 0 Å². The highest BCUT2D eigenvalue weighted by Gasteiger charge is 2.27. The van der Waals surface area contributed by atoms with Crippen molar-refractivity contribution < 1.29 is 0 Å². The van der Waals surface area contributed by atoms with Crippen LogP contribution in [0.1, 0.15) is 45.4 Å². The van der Waals surface area contributed by atoms with E-state index in [9.17, 15) is 0 Å². The summed E-state index contributed by atoms with van der Waals surface area (Å²) in [4.78, 5) is 0. The first kappa shape index (κ1) is 12.4. The summed E-state index contributed by atoms with van der Waals surface area (Å²) in [6.07, 6.45) is 10.7. The van der Waals surface area contributed by atoms with E-state index in [1.54, 1.807) is 0 Å². The first-order chi connectivity index (χ1) is 6.77. The number of unbranched alkanes of at least 4 members (excludes halogenated alkanes) is 1. The Hall–Kier alpha value is 0.310. The van der Waals surface area contributed by atoms with Crippen molar-refractivity contribution in [1.29, 1.82) is 0 Å². The summed E-state index contributed by atoms with van der Waals surface area (Å²) in [6.45, 7) is 4.90. The van der Waals surface area contributed by atoms with Crippen molar-refractivity contribution in [2.45, 2.75) is 45.4 Å². The lowest BCUT2D eigenvalue weighted by atomic mass is 9.89. The van der Waals surface area contributed by atoms with Gasteiger partial charge in [-0.2, -0.15) is 11.8 Å². The number of thioether (sulfide) groups is 1. The predicted molar refractivity (Wildman–Crippen MR) is 67.1 cm³/mol. The molecule has 0 radical (unpaired) electrons. The zero-order valence-corrected chi connectivity index (χ0v) is 10.6. The van der Waals surface area contributed by atoms with E-state index in [1.807, 2.05) is 11.8 Å². The van der Waals surface area contributed by atoms with Gasteiger partial charge in [0.05, 0.1) is 0 Å². The molecule has 0 aromatic heterocycles. The van der Waals surface area contributed by atoms with Crippen molar-refractivity contribution in [2.75, 3.05) is 25.1 Å². The highest BCUT2D eigenvalue weighted by Crippen LogP contribution is 2.36. The van der Waals surface area contributed by atoms with Gasteiger partial charge in [0.2, 0.25) is 0 Å². The highest BCUT2D eigenvalue weighted by atomic mass is 32.2. The fraction of sp³-hybridized carbons (Fsp3) is 1.00. The van der Waals surface area contributed by atoms with Crippen LogP contribution in [-0.4, -0.2) is 25.1 Å². The molecule has 84 valence electrons. The van der Waals surface area contributed by atoms with Crippen LogP contribution >= 0.6 is 11.8 Å². The van der Waals surface area contributed by atoms with Crippen LogP contribution in [-0.2, 0) is 0 Å². The fourth-order valence-corrected chi connectivity index (χ4v) is 2.78. The van der Waals surface area contributed by atoms with Crippen LogP contribution in [0.5, 0.6) is 0 Å². The van der Waals surface area contributed by atoms with Crippen LogP contribution in [0.3, 0.4) is 0 Å². The lowest BCUT2D eigenvalue weighted by Gasteiger charge is -2.23. The van der Waals surface area contributed by atoms with E-state index in [0.29, 0.717) is 5.41 Å². The van der Waals surface area contributed by atoms with Gasteiger partial charge in [-0.15, -0.1) is 0 Å². The lowest BCUT2D eigenvalue weighted by molar-refractivity contribution is 0.315. The molecule has 0 unspecified atom stereocenters. The standard InChI is InChI=1S/C12H25NS/c1-12(7-3-4-8-12)11-13-9-5-6-10-14-2/h13H,3-11H2,1-2H3. The molecular formula is C12H25NS. The number of hydrogen-bond donors (Lipinski definition) is 1. The summed E-state index contributed by atoms with van der Waals surface area (Å²) in [5.74, 6) is 1.32. The minimum absolute atomic E-state index is 0.625. The third-order valence-electron chi connectivity index (χ3n) is 3.31. The minimum Gasteiger partial charge on any atom is -0.316 e. The van der Waals surface area contributed by atoms with E-state index in [-0.39, 0.29) is 0 Å². The summed E-state index contributed by atoms with van der Waals surface area (Å²) < 4.78 is 0. The van der Waals surface area contributed by atoms with E-state index < -0.39 is 0 Å². The van der Waals surface area contributed by atoms with E-state index in [4.69, 9.17) is 0 Å². The van der Waals surface area contributed by atoms with Crippen molar-refractivity contribution >= 4 is 11.8 Å². The molecule has 0 bridgehead atoms. The van der Waals surface area contributed by atoms with E-state index in [0.717, 1.165) is 0 Å². The summed E-state index contributed by atoms with van der Waals surface area (Å²) in [6, 6.07) is 0. The summed E-state index contributed by atoms with van der Waals surface area (Å²) in [7, 11) is 0.